The number of aromatic amines is 1. The van der Waals surface area contributed by atoms with Crippen molar-refractivity contribution >= 4 is 39.2 Å². The van der Waals surface area contributed by atoms with Gasteiger partial charge in [0.05, 0.1) is 11.0 Å². The van der Waals surface area contributed by atoms with Crippen molar-refractivity contribution < 1.29 is 4.79 Å². The molecular weight excluding hydrogens is 300 g/mol. The Morgan fingerprint density at radius 3 is 2.54 bits per heavy atom. The van der Waals surface area contributed by atoms with Crippen LogP contribution in [-0.2, 0) is 0 Å². The van der Waals surface area contributed by atoms with Crippen molar-refractivity contribution in [2.45, 2.75) is 0 Å². The lowest BCUT2D eigenvalue weighted by atomic mass is 10.1. The maximum atomic E-state index is 12.7. The van der Waals surface area contributed by atoms with Gasteiger partial charge in [-0.1, -0.05) is 48.5 Å². The van der Waals surface area contributed by atoms with Crippen molar-refractivity contribution in [2.24, 2.45) is 5.10 Å². The van der Waals surface area contributed by atoms with Gasteiger partial charge in [-0.2, -0.15) is 5.10 Å². The number of benzene rings is 3. The molecule has 0 aliphatic heterocycles. The number of H-pyrrole nitrogens is 1. The van der Waals surface area contributed by atoms with Gasteiger partial charge in [0.2, 0.25) is 11.7 Å². The summed E-state index contributed by atoms with van der Waals surface area (Å²) in [4.78, 5) is 20.2. The Labute approximate surface area is 137 Å². The number of ketones is 1. The monoisotopic (exact) mass is 312 g/mol. The minimum Gasteiger partial charge on any atom is -0.323 e. The van der Waals surface area contributed by atoms with Crippen LogP contribution in [0, 0.1) is 0 Å². The van der Waals surface area contributed by atoms with Crippen molar-refractivity contribution in [3.05, 3.63) is 71.8 Å². The molecular formula is C19H12N4O. The van der Waals surface area contributed by atoms with Crippen LogP contribution in [0.1, 0.15) is 15.9 Å². The number of hydrazone groups is 1. The lowest BCUT2D eigenvalue weighted by Gasteiger charge is -2.00. The van der Waals surface area contributed by atoms with Crippen LogP contribution in [0.15, 0.2) is 65.8 Å². The van der Waals surface area contributed by atoms with Crippen molar-refractivity contribution in [3.8, 4) is 0 Å². The Kier molecular flexibility index (Phi) is 2.58. The molecule has 24 heavy (non-hydrogen) atoms. The minimum absolute atomic E-state index is 0.0644. The van der Waals surface area contributed by atoms with Gasteiger partial charge >= 0.3 is 0 Å². The van der Waals surface area contributed by atoms with Crippen molar-refractivity contribution in [2.75, 3.05) is 5.43 Å². The smallest absolute Gasteiger partial charge is 0.222 e. The molecule has 1 aromatic heterocycles. The van der Waals surface area contributed by atoms with E-state index in [-0.39, 0.29) is 5.78 Å². The van der Waals surface area contributed by atoms with Gasteiger partial charge in [0.1, 0.15) is 5.71 Å². The molecule has 0 unspecified atom stereocenters. The molecule has 0 saturated carbocycles. The normalized spacial score (nSPS) is 14.8. The summed E-state index contributed by atoms with van der Waals surface area (Å²) in [5, 5.41) is 6.35. The molecule has 5 heteroatoms. The first-order valence-corrected chi connectivity index (χ1v) is 7.66. The summed E-state index contributed by atoms with van der Waals surface area (Å²) in [5.41, 5.74) is 6.63. The highest BCUT2D eigenvalue weighted by molar-refractivity contribution is 6.59. The molecule has 0 bridgehead atoms. The number of para-hydroxylation sites is 2. The third-order valence-corrected chi connectivity index (χ3v) is 4.28. The highest BCUT2D eigenvalue weighted by Gasteiger charge is 2.28. The first kappa shape index (κ1) is 13.0. The SMILES string of the molecule is O=C1/C(=N/Nc2nc3ccccc3[nH]2)c2cccc3cccc1c23. The Morgan fingerprint density at radius 2 is 1.71 bits per heavy atom. The maximum absolute atomic E-state index is 12.7. The molecule has 1 aliphatic rings. The van der Waals surface area contributed by atoms with Crippen LogP contribution in [0.25, 0.3) is 21.8 Å². The van der Waals surface area contributed by atoms with Gasteiger partial charge < -0.3 is 4.98 Å². The third-order valence-electron chi connectivity index (χ3n) is 4.28. The van der Waals surface area contributed by atoms with E-state index < -0.39 is 0 Å². The van der Waals surface area contributed by atoms with E-state index in [1.807, 2.05) is 60.7 Å². The maximum Gasteiger partial charge on any atom is 0.222 e. The van der Waals surface area contributed by atoms with Gasteiger partial charge in [-0.05, 0) is 17.5 Å². The fourth-order valence-corrected chi connectivity index (χ4v) is 3.20. The molecule has 4 aromatic rings. The second-order valence-corrected chi connectivity index (χ2v) is 5.71. The van der Waals surface area contributed by atoms with Gasteiger partial charge in [-0.15, -0.1) is 0 Å². The fraction of sp³-hybridized carbons (Fsp3) is 0. The number of imidazole rings is 1. The Balaban J connectivity index is 1.59. The molecule has 5 nitrogen and oxygen atoms in total. The van der Waals surface area contributed by atoms with E-state index in [2.05, 4.69) is 20.5 Å². The lowest BCUT2D eigenvalue weighted by Crippen LogP contribution is -2.11. The summed E-state index contributed by atoms with van der Waals surface area (Å²) in [6.45, 7) is 0. The van der Waals surface area contributed by atoms with E-state index in [9.17, 15) is 4.79 Å². The standard InChI is InChI=1S/C19H12N4O/c24-18-13-8-4-6-11-5-3-7-12(16(11)13)17(18)22-23-19-20-14-9-1-2-10-15(14)21-19/h1-10H,(H2,20,21,23)/b22-17+. The molecule has 1 aliphatic carbocycles. The van der Waals surface area contributed by atoms with Crippen LogP contribution in [-0.4, -0.2) is 21.5 Å². The van der Waals surface area contributed by atoms with Gasteiger partial charge in [0.15, 0.2) is 0 Å². The highest BCUT2D eigenvalue weighted by atomic mass is 16.1. The summed E-state index contributed by atoms with van der Waals surface area (Å²) in [7, 11) is 0. The summed E-state index contributed by atoms with van der Waals surface area (Å²) in [6.07, 6.45) is 0. The predicted octanol–water partition coefficient (Wildman–Crippen LogP) is 3.73. The second-order valence-electron chi connectivity index (χ2n) is 5.71. The molecule has 3 aromatic carbocycles. The lowest BCUT2D eigenvalue weighted by molar-refractivity contribution is 0.107. The van der Waals surface area contributed by atoms with Crippen molar-refractivity contribution in [1.29, 1.82) is 0 Å². The molecule has 1 heterocycles. The Morgan fingerprint density at radius 1 is 0.917 bits per heavy atom. The highest BCUT2D eigenvalue weighted by Crippen LogP contribution is 2.31. The summed E-state index contributed by atoms with van der Waals surface area (Å²) in [5.74, 6) is 0.449. The first-order valence-electron chi connectivity index (χ1n) is 7.66. The predicted molar refractivity (Wildman–Crippen MR) is 94.5 cm³/mol. The zero-order chi connectivity index (χ0) is 16.1. The van der Waals surface area contributed by atoms with Crippen molar-refractivity contribution in [1.82, 2.24) is 9.97 Å². The Hall–Kier alpha value is -3.47. The zero-order valence-electron chi connectivity index (χ0n) is 12.6. The number of fused-ring (bicyclic) bond motifs is 1. The van der Waals surface area contributed by atoms with Gasteiger partial charge in [0.25, 0.3) is 0 Å². The van der Waals surface area contributed by atoms with Crippen molar-refractivity contribution in [3.63, 3.8) is 0 Å². The van der Waals surface area contributed by atoms with E-state index in [0.717, 1.165) is 27.4 Å². The number of rotatable bonds is 2. The summed E-state index contributed by atoms with van der Waals surface area (Å²) >= 11 is 0. The molecule has 0 spiro atoms. The fourth-order valence-electron chi connectivity index (χ4n) is 3.20. The number of nitrogens with zero attached hydrogens (tertiary/aromatic N) is 2. The molecule has 114 valence electrons. The quantitative estimate of drug-likeness (QED) is 0.554. The molecule has 2 N–H and O–H groups in total. The second kappa shape index (κ2) is 4.76. The number of aromatic nitrogens is 2. The van der Waals surface area contributed by atoms with Crippen LogP contribution < -0.4 is 5.43 Å². The number of nitrogens with one attached hydrogen (secondary N) is 2. The van der Waals surface area contributed by atoms with E-state index in [1.54, 1.807) is 0 Å². The third kappa shape index (κ3) is 1.78. The molecule has 5 rings (SSSR count). The number of hydrogen-bond donors (Lipinski definition) is 2. The van der Waals surface area contributed by atoms with Crippen LogP contribution >= 0.6 is 0 Å². The van der Waals surface area contributed by atoms with E-state index in [1.165, 1.54) is 0 Å². The van der Waals surface area contributed by atoms with E-state index in [4.69, 9.17) is 0 Å². The van der Waals surface area contributed by atoms with Crippen LogP contribution in [0.2, 0.25) is 0 Å². The molecule has 0 fully saturated rings. The van der Waals surface area contributed by atoms with Crippen LogP contribution in [0.4, 0.5) is 5.95 Å². The van der Waals surface area contributed by atoms with E-state index >= 15 is 0 Å². The minimum atomic E-state index is -0.0644. The molecule has 0 atom stereocenters. The van der Waals surface area contributed by atoms with Gasteiger partial charge in [0, 0.05) is 16.5 Å². The number of carbonyl (C=O) groups excluding carboxylic acids is 1. The topological polar surface area (TPSA) is 70.1 Å². The number of hydrogen-bond acceptors (Lipinski definition) is 4. The number of Topliss-reactive ketones (excluding diaryl/α,β-unsaturated/α-hetero) is 1. The summed E-state index contributed by atoms with van der Waals surface area (Å²) < 4.78 is 0. The summed E-state index contributed by atoms with van der Waals surface area (Å²) in [6, 6.07) is 19.3. The molecule has 0 radical (unpaired) electrons. The van der Waals surface area contributed by atoms with Gasteiger partial charge in [-0.25, -0.2) is 10.4 Å². The molecule has 0 amide bonds. The number of carbonyl (C=O) groups is 1. The number of anilines is 1. The van der Waals surface area contributed by atoms with Gasteiger partial charge in [-0.3, -0.25) is 4.79 Å². The largest absolute Gasteiger partial charge is 0.323 e. The van der Waals surface area contributed by atoms with Crippen LogP contribution in [0.5, 0.6) is 0 Å². The first-order chi connectivity index (χ1) is 11.8. The zero-order valence-corrected chi connectivity index (χ0v) is 12.6. The average Bonchev–Trinajstić information content (AvgIpc) is 3.15. The van der Waals surface area contributed by atoms with Crippen LogP contribution in [0.3, 0.4) is 0 Å². The molecule has 0 saturated heterocycles. The van der Waals surface area contributed by atoms with E-state index in [0.29, 0.717) is 17.2 Å². The Bertz CT molecular complexity index is 1120. The average molecular weight is 312 g/mol.